The van der Waals surface area contributed by atoms with E-state index in [9.17, 15) is 14.7 Å². The summed E-state index contributed by atoms with van der Waals surface area (Å²) in [6.07, 6.45) is 4.97. The van der Waals surface area contributed by atoms with E-state index < -0.39 is 11.9 Å². The van der Waals surface area contributed by atoms with E-state index in [2.05, 4.69) is 15.4 Å². The lowest BCUT2D eigenvalue weighted by Crippen LogP contribution is -2.20. The summed E-state index contributed by atoms with van der Waals surface area (Å²) in [7, 11) is 0. The molecule has 0 aliphatic carbocycles. The van der Waals surface area contributed by atoms with Crippen LogP contribution in [0.15, 0.2) is 48.8 Å². The van der Waals surface area contributed by atoms with Crippen LogP contribution in [0.2, 0.25) is 0 Å². The molecule has 0 saturated heterocycles. The Morgan fingerprint density at radius 1 is 1.27 bits per heavy atom. The molecular formula is C18H16N4O4. The largest absolute Gasteiger partial charge is 0.478 e. The maximum atomic E-state index is 11.7. The molecule has 0 fully saturated rings. The number of hydrogen-bond acceptors (Lipinski definition) is 5. The number of carboxylic acid groups (broad SMARTS) is 1. The highest BCUT2D eigenvalue weighted by molar-refractivity contribution is 6.21. The van der Waals surface area contributed by atoms with Gasteiger partial charge < -0.3 is 15.8 Å². The number of nitrogens with two attached hydrogens (primary N) is 1. The summed E-state index contributed by atoms with van der Waals surface area (Å²) in [6, 6.07) is 10.2. The number of primary amides is 1. The van der Waals surface area contributed by atoms with Crippen molar-refractivity contribution in [2.24, 2.45) is 5.73 Å². The fourth-order valence-electron chi connectivity index (χ4n) is 2.43. The average molecular weight is 352 g/mol. The number of nitrogens with one attached hydrogen (secondary N) is 2. The van der Waals surface area contributed by atoms with Crippen molar-refractivity contribution in [2.45, 2.75) is 0 Å². The van der Waals surface area contributed by atoms with Gasteiger partial charge in [0.2, 0.25) is 5.91 Å². The summed E-state index contributed by atoms with van der Waals surface area (Å²) in [5, 5.41) is 10.4. The molecule has 1 aromatic carbocycles. The zero-order chi connectivity index (χ0) is 18.5. The van der Waals surface area contributed by atoms with E-state index in [1.165, 1.54) is 0 Å². The second-order valence-corrected chi connectivity index (χ2v) is 5.44. The number of amides is 1. The highest BCUT2D eigenvalue weighted by Gasteiger charge is 2.12. The summed E-state index contributed by atoms with van der Waals surface area (Å²) >= 11 is 0. The minimum atomic E-state index is -1.05. The van der Waals surface area contributed by atoms with Crippen LogP contribution in [0.4, 0.5) is 5.69 Å². The van der Waals surface area contributed by atoms with Gasteiger partial charge in [0.1, 0.15) is 5.65 Å². The van der Waals surface area contributed by atoms with Gasteiger partial charge in [0.05, 0.1) is 11.3 Å². The molecule has 0 bridgehead atoms. The molecule has 0 atom stereocenters. The number of aromatic amines is 1. The summed E-state index contributed by atoms with van der Waals surface area (Å²) in [5.74, 6) is -1.65. The third-order valence-corrected chi connectivity index (χ3v) is 3.61. The Bertz CT molecular complexity index is 976. The second kappa shape index (κ2) is 7.49. The van der Waals surface area contributed by atoms with Gasteiger partial charge in [0, 0.05) is 23.3 Å². The number of H-pyrrole nitrogens is 1. The number of fused-ring (bicyclic) bond motifs is 1. The number of benzene rings is 1. The Morgan fingerprint density at radius 2 is 2.04 bits per heavy atom. The number of carboxylic acids is 1. The fourth-order valence-corrected chi connectivity index (χ4v) is 2.43. The third kappa shape index (κ3) is 3.87. The van der Waals surface area contributed by atoms with E-state index in [4.69, 9.17) is 10.6 Å². The molecule has 0 spiro atoms. The predicted octanol–water partition coefficient (Wildman–Crippen LogP) is 2.02. The minimum Gasteiger partial charge on any atom is -0.478 e. The standard InChI is InChI=1S/C18H16N4O4/c19-16(23)10-26-22-13-5-3-11(4-6-13)15(18(24)25)8-12-9-21-17-14(12)2-1-7-20-17/h1-9,22H,10H2,(H2,19,23)(H,20,21)(H,24,25). The topological polar surface area (TPSA) is 130 Å². The van der Waals surface area contributed by atoms with E-state index in [0.717, 1.165) is 10.9 Å². The van der Waals surface area contributed by atoms with Crippen molar-refractivity contribution in [3.63, 3.8) is 0 Å². The monoisotopic (exact) mass is 352 g/mol. The Morgan fingerprint density at radius 3 is 2.73 bits per heavy atom. The van der Waals surface area contributed by atoms with Gasteiger partial charge >= 0.3 is 5.97 Å². The number of carbonyl (C=O) groups is 2. The number of rotatable bonds is 7. The zero-order valence-corrected chi connectivity index (χ0v) is 13.6. The normalized spacial score (nSPS) is 11.5. The highest BCUT2D eigenvalue weighted by Crippen LogP contribution is 2.24. The summed E-state index contributed by atoms with van der Waals surface area (Å²) < 4.78 is 0. The first kappa shape index (κ1) is 17.2. The molecule has 2 aromatic heterocycles. The van der Waals surface area contributed by atoms with Gasteiger partial charge in [0.15, 0.2) is 6.61 Å². The molecule has 5 N–H and O–H groups in total. The van der Waals surface area contributed by atoms with E-state index in [0.29, 0.717) is 16.9 Å². The van der Waals surface area contributed by atoms with Gasteiger partial charge in [-0.25, -0.2) is 9.78 Å². The van der Waals surface area contributed by atoms with E-state index in [1.807, 2.05) is 6.07 Å². The van der Waals surface area contributed by atoms with Gasteiger partial charge in [-0.3, -0.25) is 15.1 Å². The average Bonchev–Trinajstić information content (AvgIpc) is 3.03. The van der Waals surface area contributed by atoms with E-state index in [1.54, 1.807) is 48.8 Å². The quantitative estimate of drug-likeness (QED) is 0.380. The molecule has 3 rings (SSSR count). The van der Waals surface area contributed by atoms with E-state index in [-0.39, 0.29) is 12.2 Å². The van der Waals surface area contributed by atoms with Crippen molar-refractivity contribution in [3.05, 3.63) is 59.9 Å². The van der Waals surface area contributed by atoms with Crippen LogP contribution in [0.1, 0.15) is 11.1 Å². The lowest BCUT2D eigenvalue weighted by atomic mass is 10.0. The van der Waals surface area contributed by atoms with Crippen LogP contribution in [0, 0.1) is 0 Å². The molecule has 0 radical (unpaired) electrons. The molecule has 0 unspecified atom stereocenters. The van der Waals surface area contributed by atoms with Gasteiger partial charge in [-0.05, 0) is 35.9 Å². The lowest BCUT2D eigenvalue weighted by molar-refractivity contribution is -0.130. The number of pyridine rings is 1. The Hall–Kier alpha value is -3.65. The van der Waals surface area contributed by atoms with Gasteiger partial charge in [0.25, 0.3) is 0 Å². The van der Waals surface area contributed by atoms with Crippen LogP contribution in [0.25, 0.3) is 22.7 Å². The summed E-state index contributed by atoms with van der Waals surface area (Å²) in [6.45, 7) is -0.267. The predicted molar refractivity (Wildman–Crippen MR) is 96.8 cm³/mol. The number of aromatic nitrogens is 2. The Labute approximate surface area is 148 Å². The number of nitrogens with zero attached hydrogens (tertiary/aromatic N) is 1. The van der Waals surface area contributed by atoms with Crippen molar-refractivity contribution in [3.8, 4) is 0 Å². The van der Waals surface area contributed by atoms with Gasteiger partial charge in [-0.15, -0.1) is 0 Å². The number of hydrogen-bond donors (Lipinski definition) is 4. The van der Waals surface area contributed by atoms with Gasteiger partial charge in [-0.1, -0.05) is 12.1 Å². The van der Waals surface area contributed by atoms with Crippen molar-refractivity contribution in [2.75, 3.05) is 12.1 Å². The third-order valence-electron chi connectivity index (χ3n) is 3.61. The Kier molecular flexibility index (Phi) is 4.95. The van der Waals surface area contributed by atoms with Crippen LogP contribution < -0.4 is 11.2 Å². The Balaban J connectivity index is 1.86. The number of carbonyl (C=O) groups excluding carboxylic acids is 1. The SMILES string of the molecule is NC(=O)CONc1ccc(C(=Cc2c[nH]c3ncccc23)C(=O)O)cc1. The smallest absolute Gasteiger partial charge is 0.336 e. The molecule has 0 aliphatic rings. The van der Waals surface area contributed by atoms with Crippen LogP contribution in [-0.4, -0.2) is 33.6 Å². The van der Waals surface area contributed by atoms with Gasteiger partial charge in [-0.2, -0.15) is 0 Å². The molecular weight excluding hydrogens is 336 g/mol. The maximum Gasteiger partial charge on any atom is 0.336 e. The zero-order valence-electron chi connectivity index (χ0n) is 13.6. The molecule has 8 nitrogen and oxygen atoms in total. The van der Waals surface area contributed by atoms with E-state index >= 15 is 0 Å². The lowest BCUT2D eigenvalue weighted by Gasteiger charge is -2.07. The molecule has 8 heteroatoms. The molecule has 2 heterocycles. The molecule has 1 amide bonds. The van der Waals surface area contributed by atoms with Crippen LogP contribution in [0.3, 0.4) is 0 Å². The van der Waals surface area contributed by atoms with Crippen LogP contribution in [-0.2, 0) is 14.4 Å². The first-order valence-electron chi connectivity index (χ1n) is 7.68. The summed E-state index contributed by atoms with van der Waals surface area (Å²) in [5.41, 5.74) is 10.2. The summed E-state index contributed by atoms with van der Waals surface area (Å²) in [4.78, 5) is 34.4. The number of aliphatic carboxylic acids is 1. The molecule has 3 aromatic rings. The molecule has 26 heavy (non-hydrogen) atoms. The minimum absolute atomic E-state index is 0.138. The second-order valence-electron chi connectivity index (χ2n) is 5.44. The van der Waals surface area contributed by atoms with Crippen molar-refractivity contribution in [1.29, 1.82) is 0 Å². The highest BCUT2D eigenvalue weighted by atomic mass is 16.6. The first-order valence-corrected chi connectivity index (χ1v) is 7.68. The van der Waals surface area contributed by atoms with Crippen LogP contribution >= 0.6 is 0 Å². The molecule has 132 valence electrons. The fraction of sp³-hybridized carbons (Fsp3) is 0.0556. The van der Waals surface area contributed by atoms with Crippen LogP contribution in [0.5, 0.6) is 0 Å². The molecule has 0 saturated carbocycles. The van der Waals surface area contributed by atoms with Crippen molar-refractivity contribution < 1.29 is 19.5 Å². The maximum absolute atomic E-state index is 11.7. The van der Waals surface area contributed by atoms with Crippen molar-refractivity contribution >= 4 is 40.2 Å². The number of anilines is 1. The van der Waals surface area contributed by atoms with Crippen molar-refractivity contribution in [1.82, 2.24) is 9.97 Å². The first-order chi connectivity index (χ1) is 12.5. The molecule has 0 aliphatic heterocycles.